The van der Waals surface area contributed by atoms with Crippen LogP contribution in [-0.2, 0) is 5.88 Å². The Bertz CT molecular complexity index is 1330. The van der Waals surface area contributed by atoms with Gasteiger partial charge in [0.15, 0.2) is 11.0 Å². The van der Waals surface area contributed by atoms with E-state index in [0.29, 0.717) is 16.1 Å². The molecule has 0 saturated carbocycles. The monoisotopic (exact) mass is 477 g/mol. The van der Waals surface area contributed by atoms with Crippen LogP contribution < -0.4 is 10.3 Å². The fourth-order valence-electron chi connectivity index (χ4n) is 4.32. The molecular formula is C24H27N7O2S. The highest BCUT2D eigenvalue weighted by molar-refractivity contribution is 7.98. The van der Waals surface area contributed by atoms with Gasteiger partial charge in [0.25, 0.3) is 5.56 Å². The molecule has 9 nitrogen and oxygen atoms in total. The number of hydrogen-bond donors (Lipinski definition) is 0. The molecule has 0 amide bonds. The van der Waals surface area contributed by atoms with Gasteiger partial charge in [-0.3, -0.25) is 14.3 Å². The Morgan fingerprint density at radius 2 is 1.76 bits per heavy atom. The summed E-state index contributed by atoms with van der Waals surface area (Å²) in [6.45, 7) is 4.30. The summed E-state index contributed by atoms with van der Waals surface area (Å²) in [4.78, 5) is 15.3. The fourth-order valence-corrected chi connectivity index (χ4v) is 5.15. The van der Waals surface area contributed by atoms with Crippen LogP contribution in [0.3, 0.4) is 0 Å². The molecule has 3 heterocycles. The molecule has 0 radical (unpaired) electrons. The molecule has 2 aromatic heterocycles. The minimum Gasteiger partial charge on any atom is -0.497 e. The minimum atomic E-state index is -0.171. The second-order valence-corrected chi connectivity index (χ2v) is 9.24. The number of thioether (sulfide) groups is 1. The van der Waals surface area contributed by atoms with Crippen LogP contribution in [0.4, 0.5) is 0 Å². The van der Waals surface area contributed by atoms with Crippen LogP contribution in [0.2, 0.25) is 0 Å². The maximum atomic E-state index is 12.9. The van der Waals surface area contributed by atoms with Gasteiger partial charge in [-0.05, 0) is 69.3 Å². The summed E-state index contributed by atoms with van der Waals surface area (Å²) in [5.41, 5.74) is 1.37. The van der Waals surface area contributed by atoms with E-state index >= 15 is 0 Å². The van der Waals surface area contributed by atoms with Gasteiger partial charge < -0.3 is 4.74 Å². The Morgan fingerprint density at radius 3 is 2.53 bits per heavy atom. The average molecular weight is 478 g/mol. The van der Waals surface area contributed by atoms with E-state index in [0.717, 1.165) is 30.4 Å². The average Bonchev–Trinajstić information content (AvgIpc) is 3.32. The first-order valence-corrected chi connectivity index (χ1v) is 12.4. The van der Waals surface area contributed by atoms with Crippen molar-refractivity contribution in [2.75, 3.05) is 20.2 Å². The van der Waals surface area contributed by atoms with Gasteiger partial charge in [0, 0.05) is 5.69 Å². The van der Waals surface area contributed by atoms with E-state index in [2.05, 4.69) is 36.9 Å². The van der Waals surface area contributed by atoms with E-state index in [1.807, 2.05) is 36.4 Å². The van der Waals surface area contributed by atoms with Gasteiger partial charge in [-0.1, -0.05) is 35.5 Å². The number of fused-ring (bicyclic) bond motifs is 1. The van der Waals surface area contributed by atoms with E-state index in [1.165, 1.54) is 35.7 Å². The van der Waals surface area contributed by atoms with E-state index < -0.39 is 0 Å². The van der Waals surface area contributed by atoms with Crippen LogP contribution in [0, 0.1) is 0 Å². The molecule has 1 aliphatic rings. The molecule has 1 atom stereocenters. The lowest BCUT2D eigenvalue weighted by Gasteiger charge is -2.31. The third-order valence-electron chi connectivity index (χ3n) is 6.25. The molecule has 0 N–H and O–H groups in total. The summed E-state index contributed by atoms with van der Waals surface area (Å²) >= 11 is 1.41. The number of likely N-dealkylation sites (tertiary alicyclic amines) is 1. The van der Waals surface area contributed by atoms with Crippen molar-refractivity contribution in [1.29, 1.82) is 0 Å². The van der Waals surface area contributed by atoms with Crippen molar-refractivity contribution < 1.29 is 4.74 Å². The summed E-state index contributed by atoms with van der Waals surface area (Å²) < 4.78 is 8.78. The number of ether oxygens (including phenoxy) is 1. The van der Waals surface area contributed by atoms with Crippen molar-refractivity contribution in [2.45, 2.75) is 43.3 Å². The SMILES string of the molecule is COc1ccc(-n2c(SCn3nnc4ccccc4c3=O)nnc2[C@H](C)N2CCCCC2)cc1. The Kier molecular flexibility index (Phi) is 6.59. The van der Waals surface area contributed by atoms with Gasteiger partial charge in [-0.2, -0.15) is 4.68 Å². The predicted molar refractivity (Wildman–Crippen MR) is 131 cm³/mol. The Morgan fingerprint density at radius 1 is 1.00 bits per heavy atom. The number of methoxy groups -OCH3 is 1. The second-order valence-electron chi connectivity index (χ2n) is 8.33. The molecule has 1 fully saturated rings. The number of aromatic nitrogens is 6. The molecular weight excluding hydrogens is 450 g/mol. The van der Waals surface area contributed by atoms with Crippen molar-refractivity contribution in [2.24, 2.45) is 0 Å². The van der Waals surface area contributed by atoms with Gasteiger partial charge in [0.1, 0.15) is 11.3 Å². The molecule has 2 aromatic carbocycles. The standard InChI is InChI=1S/C24H27N7O2S/c1-17(29-14-6-3-7-15-29)22-26-27-24(31(22)18-10-12-19(33-2)13-11-18)34-16-30-23(32)20-8-4-5-9-21(20)25-28-30/h4-5,8-13,17H,3,6-7,14-16H2,1-2H3/t17-/m0/s1. The highest BCUT2D eigenvalue weighted by atomic mass is 32.2. The van der Waals surface area contributed by atoms with E-state index in [4.69, 9.17) is 4.74 Å². The highest BCUT2D eigenvalue weighted by Crippen LogP contribution is 2.30. The van der Waals surface area contributed by atoms with Gasteiger partial charge in [-0.15, -0.1) is 15.3 Å². The van der Waals surface area contributed by atoms with Crippen LogP contribution in [-0.4, -0.2) is 54.9 Å². The Balaban J connectivity index is 1.48. The zero-order valence-corrected chi connectivity index (χ0v) is 20.1. The lowest BCUT2D eigenvalue weighted by molar-refractivity contribution is 0.167. The topological polar surface area (TPSA) is 91.0 Å². The molecule has 0 unspecified atom stereocenters. The first-order valence-electron chi connectivity index (χ1n) is 11.4. The van der Waals surface area contributed by atoms with Gasteiger partial charge >= 0.3 is 0 Å². The molecule has 1 saturated heterocycles. The molecule has 10 heteroatoms. The fraction of sp³-hybridized carbons (Fsp3) is 0.375. The summed E-state index contributed by atoms with van der Waals surface area (Å²) in [5.74, 6) is 1.95. The third-order valence-corrected chi connectivity index (χ3v) is 7.14. The van der Waals surface area contributed by atoms with Crippen molar-refractivity contribution >= 4 is 22.7 Å². The zero-order valence-electron chi connectivity index (χ0n) is 19.3. The minimum absolute atomic E-state index is 0.118. The van der Waals surface area contributed by atoms with Crippen LogP contribution >= 0.6 is 11.8 Å². The van der Waals surface area contributed by atoms with E-state index in [1.54, 1.807) is 19.2 Å². The maximum Gasteiger partial charge on any atom is 0.278 e. The first kappa shape index (κ1) is 22.5. The smallest absolute Gasteiger partial charge is 0.278 e. The molecule has 1 aliphatic heterocycles. The van der Waals surface area contributed by atoms with Crippen molar-refractivity contribution in [3.05, 3.63) is 64.7 Å². The molecule has 5 rings (SSSR count). The van der Waals surface area contributed by atoms with E-state index in [9.17, 15) is 4.79 Å². The second kappa shape index (κ2) is 9.94. The number of benzene rings is 2. The van der Waals surface area contributed by atoms with E-state index in [-0.39, 0.29) is 17.5 Å². The van der Waals surface area contributed by atoms with Crippen LogP contribution in [0.15, 0.2) is 58.5 Å². The first-order chi connectivity index (χ1) is 16.7. The predicted octanol–water partition coefficient (Wildman–Crippen LogP) is 3.68. The molecule has 0 aliphatic carbocycles. The molecule has 176 valence electrons. The lowest BCUT2D eigenvalue weighted by atomic mass is 10.1. The molecule has 0 spiro atoms. The molecule has 4 aromatic rings. The summed E-state index contributed by atoms with van der Waals surface area (Å²) in [5, 5.41) is 18.7. The Hall–Kier alpha value is -3.24. The van der Waals surface area contributed by atoms with Crippen LogP contribution in [0.25, 0.3) is 16.6 Å². The Labute approximate surface area is 201 Å². The van der Waals surface area contributed by atoms with Crippen LogP contribution in [0.5, 0.6) is 5.75 Å². The summed E-state index contributed by atoms with van der Waals surface area (Å²) in [6.07, 6.45) is 3.68. The zero-order chi connectivity index (χ0) is 23.5. The lowest BCUT2D eigenvalue weighted by Crippen LogP contribution is -2.33. The third kappa shape index (κ3) is 4.43. The quantitative estimate of drug-likeness (QED) is 0.372. The number of rotatable bonds is 7. The maximum absolute atomic E-state index is 12.9. The van der Waals surface area contributed by atoms with Crippen molar-refractivity contribution in [3.63, 3.8) is 0 Å². The molecule has 34 heavy (non-hydrogen) atoms. The van der Waals surface area contributed by atoms with Gasteiger partial charge in [0.05, 0.1) is 24.4 Å². The van der Waals surface area contributed by atoms with Crippen molar-refractivity contribution in [1.82, 2.24) is 34.7 Å². The summed E-state index contributed by atoms with van der Waals surface area (Å²) in [7, 11) is 1.65. The number of hydrogen-bond acceptors (Lipinski definition) is 8. The van der Waals surface area contributed by atoms with Gasteiger partial charge in [0.2, 0.25) is 0 Å². The largest absolute Gasteiger partial charge is 0.497 e. The number of piperidine rings is 1. The highest BCUT2D eigenvalue weighted by Gasteiger charge is 2.25. The van der Waals surface area contributed by atoms with Gasteiger partial charge in [-0.25, -0.2) is 0 Å². The van der Waals surface area contributed by atoms with Crippen molar-refractivity contribution in [3.8, 4) is 11.4 Å². The van der Waals surface area contributed by atoms with Crippen LogP contribution in [0.1, 0.15) is 38.1 Å². The number of nitrogens with zero attached hydrogens (tertiary/aromatic N) is 7. The summed E-state index contributed by atoms with van der Waals surface area (Å²) in [6, 6.07) is 15.2. The normalized spacial score (nSPS) is 15.5. The molecule has 0 bridgehead atoms.